The molecule has 0 unspecified atom stereocenters. The minimum absolute atomic E-state index is 0.0830. The molecular formula is C30H37F2N2O4+. The zero-order valence-corrected chi connectivity index (χ0v) is 21.9. The second kappa shape index (κ2) is 12.5. The van der Waals surface area contributed by atoms with Gasteiger partial charge < -0.3 is 14.6 Å². The molecule has 8 heteroatoms. The zero-order valence-electron chi connectivity index (χ0n) is 21.9. The standard InChI is InChI=1S/C30H37F2N2O4/c1-24-33(17-9-21-37-27-14-6-3-7-15-27)19-20-34(24)18-10-22-38-28(35)30(36,25-11-4-2-5-12-25)26-13-8-16-29(31,32)23-26/h2-7,11-12,14-15,19-20,26,36H,8-10,13,16-18,21-23H2,1H3/q+1/t26-,30+/m1/s1. The van der Waals surface area contributed by atoms with E-state index in [1.165, 1.54) is 0 Å². The maximum absolute atomic E-state index is 14.2. The highest BCUT2D eigenvalue weighted by Gasteiger charge is 2.52. The molecule has 2 aromatic carbocycles. The number of aromatic nitrogens is 2. The van der Waals surface area contributed by atoms with Crippen LogP contribution in [0.2, 0.25) is 0 Å². The minimum Gasteiger partial charge on any atom is -0.493 e. The van der Waals surface area contributed by atoms with Crippen LogP contribution >= 0.6 is 0 Å². The predicted octanol–water partition coefficient (Wildman–Crippen LogP) is 5.20. The topological polar surface area (TPSA) is 64.6 Å². The summed E-state index contributed by atoms with van der Waals surface area (Å²) in [6.07, 6.45) is 5.23. The van der Waals surface area contributed by atoms with Crippen LogP contribution in [-0.4, -0.2) is 34.8 Å². The number of para-hydroxylation sites is 1. The number of aliphatic hydroxyl groups is 1. The van der Waals surface area contributed by atoms with Gasteiger partial charge in [0.25, 0.3) is 5.82 Å². The van der Waals surface area contributed by atoms with E-state index < -0.39 is 29.8 Å². The molecule has 6 nitrogen and oxygen atoms in total. The van der Waals surface area contributed by atoms with Crippen LogP contribution in [0.4, 0.5) is 8.78 Å². The Kier molecular flexibility index (Phi) is 9.15. The average Bonchev–Trinajstić information content (AvgIpc) is 3.27. The summed E-state index contributed by atoms with van der Waals surface area (Å²) in [6, 6.07) is 18.1. The van der Waals surface area contributed by atoms with Crippen molar-refractivity contribution >= 4 is 5.97 Å². The first-order chi connectivity index (χ1) is 18.3. The fraction of sp³-hybridized carbons (Fsp3) is 0.467. The Hall–Kier alpha value is -3.26. The van der Waals surface area contributed by atoms with Crippen LogP contribution in [0.5, 0.6) is 5.75 Å². The molecule has 204 valence electrons. The SMILES string of the molecule is Cc1n(CCCOc2ccccc2)cc[n+]1CCCOC(=O)[C@](O)(c1ccccc1)[C@@H]1CCCC(F)(F)C1. The fourth-order valence-electron chi connectivity index (χ4n) is 5.21. The Morgan fingerprint density at radius 3 is 2.53 bits per heavy atom. The van der Waals surface area contributed by atoms with Gasteiger partial charge in [0.15, 0.2) is 5.60 Å². The third-order valence-electron chi connectivity index (χ3n) is 7.35. The van der Waals surface area contributed by atoms with Gasteiger partial charge in [0, 0.05) is 38.5 Å². The van der Waals surface area contributed by atoms with Crippen molar-refractivity contribution in [2.24, 2.45) is 5.92 Å². The van der Waals surface area contributed by atoms with Crippen molar-refractivity contribution in [3.63, 3.8) is 0 Å². The van der Waals surface area contributed by atoms with E-state index in [1.807, 2.05) is 49.6 Å². The van der Waals surface area contributed by atoms with Crippen molar-refractivity contribution in [2.75, 3.05) is 13.2 Å². The lowest BCUT2D eigenvalue weighted by Gasteiger charge is -2.39. The molecule has 1 aromatic heterocycles. The number of ether oxygens (including phenoxy) is 2. The largest absolute Gasteiger partial charge is 0.493 e. The Morgan fingerprint density at radius 2 is 1.82 bits per heavy atom. The molecular weight excluding hydrogens is 490 g/mol. The van der Waals surface area contributed by atoms with E-state index in [0.717, 1.165) is 24.5 Å². The van der Waals surface area contributed by atoms with E-state index in [0.29, 0.717) is 31.6 Å². The van der Waals surface area contributed by atoms with Crippen LogP contribution in [0.15, 0.2) is 73.1 Å². The van der Waals surface area contributed by atoms with Crippen LogP contribution in [-0.2, 0) is 28.2 Å². The summed E-state index contributed by atoms with van der Waals surface area (Å²) >= 11 is 0. The van der Waals surface area contributed by atoms with E-state index >= 15 is 0 Å². The van der Waals surface area contributed by atoms with Gasteiger partial charge in [-0.15, -0.1) is 0 Å². The Morgan fingerprint density at radius 1 is 1.11 bits per heavy atom. The first-order valence-corrected chi connectivity index (χ1v) is 13.4. The third-order valence-corrected chi connectivity index (χ3v) is 7.35. The third kappa shape index (κ3) is 6.78. The lowest BCUT2D eigenvalue weighted by Crippen LogP contribution is -2.48. The van der Waals surface area contributed by atoms with Crippen LogP contribution in [0.3, 0.4) is 0 Å². The van der Waals surface area contributed by atoms with Gasteiger partial charge in [-0.1, -0.05) is 48.5 Å². The van der Waals surface area contributed by atoms with Crippen LogP contribution in [0, 0.1) is 12.8 Å². The molecule has 1 heterocycles. The van der Waals surface area contributed by atoms with Gasteiger partial charge in [-0.2, -0.15) is 0 Å². The van der Waals surface area contributed by atoms with Crippen molar-refractivity contribution in [2.45, 2.75) is 70.1 Å². The lowest BCUT2D eigenvalue weighted by molar-refractivity contribution is -0.702. The molecule has 1 saturated carbocycles. The number of carbonyl (C=O) groups is 1. The van der Waals surface area contributed by atoms with Crippen molar-refractivity contribution in [3.05, 3.63) is 84.4 Å². The number of hydrogen-bond acceptors (Lipinski definition) is 4. The molecule has 2 atom stereocenters. The highest BCUT2D eigenvalue weighted by molar-refractivity contribution is 5.81. The monoisotopic (exact) mass is 527 g/mol. The van der Waals surface area contributed by atoms with Gasteiger partial charge in [-0.25, -0.2) is 22.7 Å². The number of carbonyl (C=O) groups excluding carboxylic acids is 1. The maximum atomic E-state index is 14.2. The van der Waals surface area contributed by atoms with Crippen molar-refractivity contribution in [1.29, 1.82) is 0 Å². The molecule has 1 fully saturated rings. The molecule has 1 aliphatic carbocycles. The molecule has 1 N–H and O–H groups in total. The van der Waals surface area contributed by atoms with Gasteiger partial charge >= 0.3 is 5.97 Å². The number of aryl methyl sites for hydroxylation is 2. The molecule has 0 spiro atoms. The highest BCUT2D eigenvalue weighted by Crippen LogP contribution is 2.45. The molecule has 0 bridgehead atoms. The quantitative estimate of drug-likeness (QED) is 0.200. The second-order valence-electron chi connectivity index (χ2n) is 10.0. The van der Waals surface area contributed by atoms with E-state index in [4.69, 9.17) is 9.47 Å². The average molecular weight is 528 g/mol. The van der Waals surface area contributed by atoms with E-state index in [9.17, 15) is 18.7 Å². The number of benzene rings is 2. The summed E-state index contributed by atoms with van der Waals surface area (Å²) in [5, 5.41) is 11.5. The van der Waals surface area contributed by atoms with E-state index in [2.05, 4.69) is 9.13 Å². The fourth-order valence-corrected chi connectivity index (χ4v) is 5.21. The summed E-state index contributed by atoms with van der Waals surface area (Å²) in [4.78, 5) is 13.2. The van der Waals surface area contributed by atoms with Crippen LogP contribution < -0.4 is 9.30 Å². The van der Waals surface area contributed by atoms with Crippen molar-refractivity contribution in [1.82, 2.24) is 4.57 Å². The van der Waals surface area contributed by atoms with Gasteiger partial charge in [-0.05, 0) is 30.5 Å². The molecule has 0 saturated heterocycles. The van der Waals surface area contributed by atoms with Gasteiger partial charge in [0.05, 0.1) is 26.3 Å². The summed E-state index contributed by atoms with van der Waals surface area (Å²) in [7, 11) is 0. The second-order valence-corrected chi connectivity index (χ2v) is 10.0. The first kappa shape index (κ1) is 27.8. The summed E-state index contributed by atoms with van der Waals surface area (Å²) in [5.74, 6) is -2.73. The van der Waals surface area contributed by atoms with Crippen molar-refractivity contribution < 1.29 is 32.7 Å². The number of hydrogen-bond donors (Lipinski definition) is 1. The number of halogens is 2. The minimum atomic E-state index is -2.90. The summed E-state index contributed by atoms with van der Waals surface area (Å²) in [6.45, 7) is 4.17. The smallest absolute Gasteiger partial charge is 0.343 e. The summed E-state index contributed by atoms with van der Waals surface area (Å²) in [5.41, 5.74) is -1.80. The van der Waals surface area contributed by atoms with Gasteiger partial charge in [-0.3, -0.25) is 0 Å². The molecule has 4 rings (SSSR count). The number of nitrogens with zero attached hydrogens (tertiary/aromatic N) is 2. The number of esters is 1. The summed E-state index contributed by atoms with van der Waals surface area (Å²) < 4.78 is 43.9. The number of imidazole rings is 1. The van der Waals surface area contributed by atoms with E-state index in [1.54, 1.807) is 30.3 Å². The van der Waals surface area contributed by atoms with Crippen molar-refractivity contribution in [3.8, 4) is 5.75 Å². The van der Waals surface area contributed by atoms with E-state index in [-0.39, 0.29) is 19.4 Å². The Labute approximate surface area is 222 Å². The molecule has 0 amide bonds. The van der Waals surface area contributed by atoms with Crippen LogP contribution in [0.25, 0.3) is 0 Å². The number of rotatable bonds is 12. The zero-order chi connectivity index (χ0) is 27.0. The lowest BCUT2D eigenvalue weighted by atomic mass is 9.72. The first-order valence-electron chi connectivity index (χ1n) is 13.4. The Balaban J connectivity index is 1.28. The molecule has 3 aromatic rings. The number of alkyl halides is 2. The molecule has 38 heavy (non-hydrogen) atoms. The molecule has 0 radical (unpaired) electrons. The molecule has 0 aliphatic heterocycles. The maximum Gasteiger partial charge on any atom is 0.343 e. The molecule has 1 aliphatic rings. The van der Waals surface area contributed by atoms with Gasteiger partial charge in [0.1, 0.15) is 18.1 Å². The predicted molar refractivity (Wildman–Crippen MR) is 139 cm³/mol. The van der Waals surface area contributed by atoms with Gasteiger partial charge in [0.2, 0.25) is 5.92 Å². The van der Waals surface area contributed by atoms with Crippen LogP contribution in [0.1, 0.15) is 49.9 Å². The highest BCUT2D eigenvalue weighted by atomic mass is 19.3. The Bertz CT molecular complexity index is 1170. The normalized spacial score (nSPS) is 18.5.